The Balaban J connectivity index is 1.73. The zero-order chi connectivity index (χ0) is 18.4. The highest BCUT2D eigenvalue weighted by Crippen LogP contribution is 2.29. The minimum absolute atomic E-state index is 0.0406. The Bertz CT molecular complexity index is 866. The van der Waals surface area contributed by atoms with E-state index in [0.29, 0.717) is 18.0 Å². The van der Waals surface area contributed by atoms with Crippen molar-refractivity contribution in [1.29, 1.82) is 0 Å². The quantitative estimate of drug-likeness (QED) is 0.709. The lowest BCUT2D eigenvalue weighted by molar-refractivity contribution is -0.121. The van der Waals surface area contributed by atoms with Crippen molar-refractivity contribution < 1.29 is 4.79 Å². The molecule has 0 saturated heterocycles. The number of nitrogens with zero attached hydrogens (tertiary/aromatic N) is 2. The number of benzene rings is 2. The number of halogens is 1. The van der Waals surface area contributed by atoms with Gasteiger partial charge in [0.1, 0.15) is 0 Å². The normalized spacial score (nSPS) is 11.8. The summed E-state index contributed by atoms with van der Waals surface area (Å²) in [7, 11) is 0. The summed E-state index contributed by atoms with van der Waals surface area (Å²) in [4.78, 5) is 21.0. The van der Waals surface area contributed by atoms with Crippen molar-refractivity contribution in [2.24, 2.45) is 0 Å². The number of amides is 1. The topological polar surface area (TPSA) is 54.9 Å². The molecule has 132 valence electrons. The van der Waals surface area contributed by atoms with Gasteiger partial charge in [-0.05, 0) is 30.2 Å². The van der Waals surface area contributed by atoms with Crippen molar-refractivity contribution in [3.05, 3.63) is 94.5 Å². The largest absolute Gasteiger partial charge is 0.350 e. The number of carbonyl (C=O) groups is 1. The molecule has 3 aromatic rings. The lowest BCUT2D eigenvalue weighted by atomic mass is 9.88. The molecule has 0 fully saturated rings. The SMILES string of the molecule is Cc1cnc(CNC(=O)CC(c2ccccc2)c2cccc(Cl)c2)cn1. The van der Waals surface area contributed by atoms with Gasteiger partial charge < -0.3 is 5.32 Å². The molecule has 0 aliphatic rings. The molecule has 0 bridgehead atoms. The molecule has 0 saturated carbocycles. The molecule has 1 unspecified atom stereocenters. The lowest BCUT2D eigenvalue weighted by Crippen LogP contribution is -2.25. The number of nitrogens with one attached hydrogen (secondary N) is 1. The molecule has 1 atom stereocenters. The van der Waals surface area contributed by atoms with Gasteiger partial charge in [0, 0.05) is 23.6 Å². The molecule has 2 aromatic carbocycles. The first kappa shape index (κ1) is 18.1. The molecule has 1 N–H and O–H groups in total. The van der Waals surface area contributed by atoms with Crippen LogP contribution in [0.2, 0.25) is 5.02 Å². The van der Waals surface area contributed by atoms with E-state index in [2.05, 4.69) is 15.3 Å². The van der Waals surface area contributed by atoms with Crippen LogP contribution in [0.15, 0.2) is 67.0 Å². The molecule has 3 rings (SSSR count). The van der Waals surface area contributed by atoms with Crippen molar-refractivity contribution in [2.75, 3.05) is 0 Å². The fraction of sp³-hybridized carbons (Fsp3) is 0.190. The molecular weight excluding hydrogens is 346 g/mol. The van der Waals surface area contributed by atoms with E-state index in [0.717, 1.165) is 22.5 Å². The molecular formula is C21H20ClN3O. The van der Waals surface area contributed by atoms with Gasteiger partial charge >= 0.3 is 0 Å². The van der Waals surface area contributed by atoms with Crippen molar-refractivity contribution in [2.45, 2.75) is 25.8 Å². The third-order valence-corrected chi connectivity index (χ3v) is 4.38. The summed E-state index contributed by atoms with van der Waals surface area (Å²) in [5, 5.41) is 3.59. The Morgan fingerprint density at radius 3 is 2.50 bits per heavy atom. The molecule has 1 aromatic heterocycles. The van der Waals surface area contributed by atoms with E-state index in [-0.39, 0.29) is 11.8 Å². The van der Waals surface area contributed by atoms with E-state index in [1.54, 1.807) is 12.4 Å². The second-order valence-corrected chi connectivity index (χ2v) is 6.58. The zero-order valence-electron chi connectivity index (χ0n) is 14.5. The van der Waals surface area contributed by atoms with Crippen LogP contribution < -0.4 is 5.32 Å². The summed E-state index contributed by atoms with van der Waals surface area (Å²) in [6.45, 7) is 2.24. The van der Waals surface area contributed by atoms with Crippen molar-refractivity contribution >= 4 is 17.5 Å². The zero-order valence-corrected chi connectivity index (χ0v) is 15.3. The fourth-order valence-corrected chi connectivity index (χ4v) is 2.99. The van der Waals surface area contributed by atoms with E-state index in [4.69, 9.17) is 11.6 Å². The Labute approximate surface area is 158 Å². The van der Waals surface area contributed by atoms with E-state index in [9.17, 15) is 4.79 Å². The first-order valence-corrected chi connectivity index (χ1v) is 8.84. The Hall–Kier alpha value is -2.72. The van der Waals surface area contributed by atoms with Crippen molar-refractivity contribution in [1.82, 2.24) is 15.3 Å². The minimum Gasteiger partial charge on any atom is -0.350 e. The van der Waals surface area contributed by atoms with Gasteiger partial charge in [0.2, 0.25) is 5.91 Å². The summed E-state index contributed by atoms with van der Waals surface area (Å²) >= 11 is 6.15. The van der Waals surface area contributed by atoms with E-state index in [1.807, 2.05) is 61.5 Å². The number of aryl methyl sites for hydroxylation is 1. The van der Waals surface area contributed by atoms with Crippen LogP contribution in [-0.2, 0) is 11.3 Å². The first-order valence-electron chi connectivity index (χ1n) is 8.46. The van der Waals surface area contributed by atoms with Crippen LogP contribution >= 0.6 is 11.6 Å². The van der Waals surface area contributed by atoms with Gasteiger partial charge in [-0.3, -0.25) is 14.8 Å². The van der Waals surface area contributed by atoms with E-state index in [1.165, 1.54) is 0 Å². The molecule has 0 aliphatic heterocycles. The van der Waals surface area contributed by atoms with E-state index >= 15 is 0 Å². The minimum atomic E-state index is -0.0565. The number of hydrogen-bond donors (Lipinski definition) is 1. The summed E-state index contributed by atoms with van der Waals surface area (Å²) in [5.74, 6) is -0.0970. The smallest absolute Gasteiger partial charge is 0.221 e. The summed E-state index contributed by atoms with van der Waals surface area (Å²) in [6, 6.07) is 17.7. The number of hydrogen-bond acceptors (Lipinski definition) is 3. The van der Waals surface area contributed by atoms with Gasteiger partial charge in [-0.25, -0.2) is 0 Å². The van der Waals surface area contributed by atoms with Crippen molar-refractivity contribution in [3.8, 4) is 0 Å². The highest BCUT2D eigenvalue weighted by atomic mass is 35.5. The molecule has 4 nitrogen and oxygen atoms in total. The highest BCUT2D eigenvalue weighted by molar-refractivity contribution is 6.30. The second kappa shape index (κ2) is 8.59. The fourth-order valence-electron chi connectivity index (χ4n) is 2.79. The van der Waals surface area contributed by atoms with Gasteiger partial charge in [-0.2, -0.15) is 0 Å². The van der Waals surface area contributed by atoms with Crippen LogP contribution in [0, 0.1) is 6.92 Å². The standard InChI is InChI=1S/C21H20ClN3O/c1-15-12-24-19(13-23-15)14-25-21(26)11-20(16-6-3-2-4-7-16)17-8-5-9-18(22)10-17/h2-10,12-13,20H,11,14H2,1H3,(H,25,26). The lowest BCUT2D eigenvalue weighted by Gasteiger charge is -2.18. The van der Waals surface area contributed by atoms with Crippen LogP contribution in [0.4, 0.5) is 0 Å². The van der Waals surface area contributed by atoms with Crippen LogP contribution in [0.5, 0.6) is 0 Å². The van der Waals surface area contributed by atoms with Crippen LogP contribution in [0.1, 0.15) is 34.9 Å². The van der Waals surface area contributed by atoms with Gasteiger partial charge in [0.25, 0.3) is 0 Å². The number of carbonyl (C=O) groups excluding carboxylic acids is 1. The highest BCUT2D eigenvalue weighted by Gasteiger charge is 2.18. The van der Waals surface area contributed by atoms with E-state index < -0.39 is 0 Å². The number of rotatable bonds is 6. The van der Waals surface area contributed by atoms with Crippen LogP contribution in [0.25, 0.3) is 0 Å². The third kappa shape index (κ3) is 4.90. The predicted octanol–water partition coefficient (Wildman–Crippen LogP) is 4.28. The first-order chi connectivity index (χ1) is 12.6. The molecule has 1 amide bonds. The molecule has 26 heavy (non-hydrogen) atoms. The van der Waals surface area contributed by atoms with Gasteiger partial charge in [0.05, 0.1) is 24.1 Å². The predicted molar refractivity (Wildman–Crippen MR) is 103 cm³/mol. The molecule has 0 spiro atoms. The molecule has 0 radical (unpaired) electrons. The van der Waals surface area contributed by atoms with Crippen LogP contribution in [0.3, 0.4) is 0 Å². The number of aromatic nitrogens is 2. The average Bonchev–Trinajstić information content (AvgIpc) is 2.66. The third-order valence-electron chi connectivity index (χ3n) is 4.14. The maximum Gasteiger partial charge on any atom is 0.221 e. The summed E-state index contributed by atoms with van der Waals surface area (Å²) < 4.78 is 0. The average molecular weight is 366 g/mol. The van der Waals surface area contributed by atoms with Gasteiger partial charge in [-0.1, -0.05) is 54.1 Å². The maximum absolute atomic E-state index is 12.5. The molecule has 5 heteroatoms. The van der Waals surface area contributed by atoms with Crippen molar-refractivity contribution in [3.63, 3.8) is 0 Å². The summed E-state index contributed by atoms with van der Waals surface area (Å²) in [5.41, 5.74) is 3.70. The van der Waals surface area contributed by atoms with Crippen LogP contribution in [-0.4, -0.2) is 15.9 Å². The molecule has 1 heterocycles. The Kier molecular flexibility index (Phi) is 5.97. The molecule has 0 aliphatic carbocycles. The maximum atomic E-state index is 12.5. The monoisotopic (exact) mass is 365 g/mol. The Morgan fingerprint density at radius 1 is 1.04 bits per heavy atom. The summed E-state index contributed by atoms with van der Waals surface area (Å²) in [6.07, 6.45) is 3.71. The van der Waals surface area contributed by atoms with Gasteiger partial charge in [0.15, 0.2) is 0 Å². The second-order valence-electron chi connectivity index (χ2n) is 6.15. The Morgan fingerprint density at radius 2 is 1.81 bits per heavy atom. The van der Waals surface area contributed by atoms with Gasteiger partial charge in [-0.15, -0.1) is 0 Å².